The van der Waals surface area contributed by atoms with Gasteiger partial charge in [-0.25, -0.2) is 9.97 Å². The number of benzene rings is 2. The second-order valence-electron chi connectivity index (χ2n) is 6.84. The molecule has 0 radical (unpaired) electrons. The lowest BCUT2D eigenvalue weighted by atomic mass is 10.1. The predicted octanol–water partition coefficient (Wildman–Crippen LogP) is 3.56. The molecule has 28 heavy (non-hydrogen) atoms. The van der Waals surface area contributed by atoms with Gasteiger partial charge < -0.3 is 15.0 Å². The van der Waals surface area contributed by atoms with Crippen LogP contribution in [-0.4, -0.2) is 41.6 Å². The van der Waals surface area contributed by atoms with Crippen LogP contribution in [0.25, 0.3) is 10.8 Å². The molecule has 144 valence electrons. The molecule has 1 fully saturated rings. The van der Waals surface area contributed by atoms with Crippen LogP contribution in [-0.2, 0) is 4.79 Å². The van der Waals surface area contributed by atoms with Crippen LogP contribution in [0.3, 0.4) is 0 Å². The van der Waals surface area contributed by atoms with Gasteiger partial charge in [0.25, 0.3) is 5.91 Å². The lowest BCUT2D eigenvalue weighted by Gasteiger charge is -2.33. The highest BCUT2D eigenvalue weighted by molar-refractivity contribution is 9.10. The van der Waals surface area contributed by atoms with Crippen molar-refractivity contribution in [3.8, 4) is 5.75 Å². The van der Waals surface area contributed by atoms with Crippen molar-refractivity contribution in [3.63, 3.8) is 0 Å². The van der Waals surface area contributed by atoms with E-state index in [1.54, 1.807) is 18.5 Å². The van der Waals surface area contributed by atoms with E-state index >= 15 is 0 Å². The molecule has 2 aromatic carbocycles. The van der Waals surface area contributed by atoms with Gasteiger partial charge in [-0.2, -0.15) is 0 Å². The van der Waals surface area contributed by atoms with Gasteiger partial charge in [0.15, 0.2) is 6.61 Å². The van der Waals surface area contributed by atoms with Crippen molar-refractivity contribution >= 4 is 38.6 Å². The third kappa shape index (κ3) is 4.59. The van der Waals surface area contributed by atoms with Gasteiger partial charge in [0.2, 0.25) is 5.95 Å². The summed E-state index contributed by atoms with van der Waals surface area (Å²) in [7, 11) is 0. The fourth-order valence-electron chi connectivity index (χ4n) is 3.43. The maximum atomic E-state index is 12.3. The van der Waals surface area contributed by atoms with Crippen LogP contribution < -0.4 is 15.0 Å². The lowest BCUT2D eigenvalue weighted by molar-refractivity contribution is -0.123. The van der Waals surface area contributed by atoms with Crippen LogP contribution in [0, 0.1) is 0 Å². The Kier molecular flexibility index (Phi) is 5.71. The average Bonchev–Trinajstić information content (AvgIpc) is 2.73. The van der Waals surface area contributed by atoms with Crippen molar-refractivity contribution in [2.24, 2.45) is 0 Å². The van der Waals surface area contributed by atoms with Gasteiger partial charge in [-0.1, -0.05) is 28.1 Å². The lowest BCUT2D eigenvalue weighted by Crippen LogP contribution is -2.49. The van der Waals surface area contributed by atoms with Crippen LogP contribution in [0.1, 0.15) is 12.8 Å². The van der Waals surface area contributed by atoms with E-state index < -0.39 is 0 Å². The van der Waals surface area contributed by atoms with Crippen LogP contribution in [0.5, 0.6) is 5.75 Å². The Morgan fingerprint density at radius 2 is 1.96 bits per heavy atom. The molecule has 0 saturated carbocycles. The van der Waals surface area contributed by atoms with Crippen LogP contribution in [0.15, 0.2) is 59.3 Å². The molecule has 1 N–H and O–H groups in total. The summed E-state index contributed by atoms with van der Waals surface area (Å²) in [5.41, 5.74) is 0. The molecule has 0 aliphatic carbocycles. The average molecular weight is 441 g/mol. The smallest absolute Gasteiger partial charge is 0.258 e. The van der Waals surface area contributed by atoms with E-state index in [1.807, 2.05) is 30.3 Å². The van der Waals surface area contributed by atoms with E-state index in [0.29, 0.717) is 18.2 Å². The monoisotopic (exact) mass is 440 g/mol. The van der Waals surface area contributed by atoms with Crippen molar-refractivity contribution in [2.75, 3.05) is 24.6 Å². The topological polar surface area (TPSA) is 67.3 Å². The summed E-state index contributed by atoms with van der Waals surface area (Å²) >= 11 is 3.47. The third-order valence-electron chi connectivity index (χ3n) is 4.77. The van der Waals surface area contributed by atoms with Gasteiger partial charge in [-0.05, 0) is 53.9 Å². The number of ether oxygens (including phenoxy) is 1. The second-order valence-corrected chi connectivity index (χ2v) is 7.76. The van der Waals surface area contributed by atoms with E-state index in [4.69, 9.17) is 4.74 Å². The summed E-state index contributed by atoms with van der Waals surface area (Å²) in [4.78, 5) is 23.0. The Morgan fingerprint density at radius 3 is 2.82 bits per heavy atom. The number of amides is 1. The van der Waals surface area contributed by atoms with Crippen molar-refractivity contribution in [1.29, 1.82) is 0 Å². The molecule has 3 aromatic rings. The Morgan fingerprint density at radius 1 is 1.18 bits per heavy atom. The Bertz CT molecular complexity index is 967. The minimum Gasteiger partial charge on any atom is -0.484 e. The van der Waals surface area contributed by atoms with Crippen LogP contribution in [0.2, 0.25) is 0 Å². The Balaban J connectivity index is 1.31. The molecule has 1 aliphatic rings. The number of rotatable bonds is 5. The highest BCUT2D eigenvalue weighted by Crippen LogP contribution is 2.24. The first-order valence-corrected chi connectivity index (χ1v) is 10.1. The number of hydrogen-bond donors (Lipinski definition) is 1. The normalized spacial score (nSPS) is 16.8. The first kappa shape index (κ1) is 18.7. The van der Waals surface area contributed by atoms with Crippen molar-refractivity contribution in [2.45, 2.75) is 18.9 Å². The maximum Gasteiger partial charge on any atom is 0.258 e. The number of carbonyl (C=O) groups excluding carboxylic acids is 1. The molecular weight excluding hydrogens is 420 g/mol. The summed E-state index contributed by atoms with van der Waals surface area (Å²) in [5.74, 6) is 1.28. The number of fused-ring (bicyclic) bond motifs is 1. The zero-order valence-electron chi connectivity index (χ0n) is 15.3. The van der Waals surface area contributed by atoms with Crippen molar-refractivity contribution in [3.05, 3.63) is 59.3 Å². The van der Waals surface area contributed by atoms with E-state index in [1.165, 1.54) is 0 Å². The predicted molar refractivity (Wildman–Crippen MR) is 113 cm³/mol. The number of hydrogen-bond acceptors (Lipinski definition) is 5. The SMILES string of the molecule is O=C(COc1ccc2cc(Br)ccc2c1)NC1CCCN(c2ncccn2)C1. The molecule has 4 rings (SSSR count). The summed E-state index contributed by atoms with van der Waals surface area (Å²) < 4.78 is 6.73. The zero-order chi connectivity index (χ0) is 19.3. The molecule has 1 amide bonds. The highest BCUT2D eigenvalue weighted by Gasteiger charge is 2.23. The highest BCUT2D eigenvalue weighted by atomic mass is 79.9. The number of halogens is 1. The van der Waals surface area contributed by atoms with Crippen LogP contribution in [0.4, 0.5) is 5.95 Å². The molecule has 6 nitrogen and oxygen atoms in total. The molecule has 7 heteroatoms. The van der Waals surface area contributed by atoms with Gasteiger partial charge in [-0.15, -0.1) is 0 Å². The van der Waals surface area contributed by atoms with Crippen molar-refractivity contribution < 1.29 is 9.53 Å². The number of nitrogens with zero attached hydrogens (tertiary/aromatic N) is 3. The number of carbonyl (C=O) groups is 1. The van der Waals surface area contributed by atoms with E-state index in [2.05, 4.69) is 42.2 Å². The standard InChI is InChI=1S/C21H21BrN4O2/c22-17-6-4-16-12-19(7-5-15(16)11-17)28-14-20(27)25-18-3-1-10-26(13-18)21-23-8-2-9-24-21/h2,4-9,11-12,18H,1,3,10,13-14H2,(H,25,27). The summed E-state index contributed by atoms with van der Waals surface area (Å²) in [6.45, 7) is 1.61. The van der Waals surface area contributed by atoms with E-state index in [-0.39, 0.29) is 18.6 Å². The number of anilines is 1. The summed E-state index contributed by atoms with van der Waals surface area (Å²) in [6, 6.07) is 13.8. The molecule has 1 aromatic heterocycles. The minimum atomic E-state index is -0.114. The van der Waals surface area contributed by atoms with Gasteiger partial charge in [0, 0.05) is 36.0 Å². The molecule has 1 unspecified atom stereocenters. The van der Waals surface area contributed by atoms with E-state index in [0.717, 1.165) is 34.6 Å². The number of aromatic nitrogens is 2. The third-order valence-corrected chi connectivity index (χ3v) is 5.26. The molecular formula is C21H21BrN4O2. The molecule has 0 bridgehead atoms. The first-order chi connectivity index (χ1) is 13.7. The van der Waals surface area contributed by atoms with Gasteiger partial charge >= 0.3 is 0 Å². The molecule has 2 heterocycles. The molecule has 1 saturated heterocycles. The quantitative estimate of drug-likeness (QED) is 0.656. The number of nitrogens with one attached hydrogen (secondary N) is 1. The first-order valence-electron chi connectivity index (χ1n) is 9.31. The van der Waals surface area contributed by atoms with Gasteiger partial charge in [-0.3, -0.25) is 4.79 Å². The molecule has 0 spiro atoms. The second kappa shape index (κ2) is 8.56. The molecule has 1 aliphatic heterocycles. The Hall–Kier alpha value is -2.67. The largest absolute Gasteiger partial charge is 0.484 e. The number of piperidine rings is 1. The fraction of sp³-hybridized carbons (Fsp3) is 0.286. The summed E-state index contributed by atoms with van der Waals surface area (Å²) in [5, 5.41) is 5.26. The van der Waals surface area contributed by atoms with Gasteiger partial charge in [0.1, 0.15) is 5.75 Å². The molecule has 1 atom stereocenters. The summed E-state index contributed by atoms with van der Waals surface area (Å²) in [6.07, 6.45) is 5.41. The zero-order valence-corrected chi connectivity index (χ0v) is 16.9. The Labute approximate surface area is 172 Å². The fourth-order valence-corrected chi connectivity index (χ4v) is 3.81. The van der Waals surface area contributed by atoms with E-state index in [9.17, 15) is 4.79 Å². The van der Waals surface area contributed by atoms with Crippen molar-refractivity contribution in [1.82, 2.24) is 15.3 Å². The maximum absolute atomic E-state index is 12.3. The van der Waals surface area contributed by atoms with Crippen LogP contribution >= 0.6 is 15.9 Å². The van der Waals surface area contributed by atoms with Gasteiger partial charge in [0.05, 0.1) is 0 Å². The minimum absolute atomic E-state index is 0.000369.